The average molecular weight is 447 g/mol. The highest BCUT2D eigenvalue weighted by Gasteiger charge is 2.51. The molecule has 0 aliphatic carbocycles. The Labute approximate surface area is 190 Å². The number of anilines is 1. The first-order valence-electron chi connectivity index (χ1n) is 11.7. The van der Waals surface area contributed by atoms with E-state index in [1.54, 1.807) is 4.90 Å². The highest BCUT2D eigenvalue weighted by molar-refractivity contribution is 5.85. The molecule has 176 valence electrons. The Hall–Kier alpha value is -2.35. The Morgan fingerprint density at radius 1 is 1.16 bits per heavy atom. The number of rotatable bonds is 4. The van der Waals surface area contributed by atoms with Gasteiger partial charge < -0.3 is 19.4 Å². The van der Waals surface area contributed by atoms with Crippen LogP contribution in [0.15, 0.2) is 24.3 Å². The van der Waals surface area contributed by atoms with E-state index >= 15 is 0 Å². The second-order valence-corrected chi connectivity index (χ2v) is 9.62. The summed E-state index contributed by atoms with van der Waals surface area (Å²) in [4.78, 5) is 33.4. The van der Waals surface area contributed by atoms with Crippen molar-refractivity contribution >= 4 is 17.7 Å². The lowest BCUT2D eigenvalue weighted by Crippen LogP contribution is -2.52. The van der Waals surface area contributed by atoms with Crippen LogP contribution >= 0.6 is 0 Å². The number of carbonyl (C=O) groups excluding carboxylic acids is 2. The number of hydrogen-bond donors (Lipinski definition) is 0. The smallest absolute Gasteiger partial charge is 0.409 e. The molecule has 1 spiro atoms. The van der Waals surface area contributed by atoms with E-state index in [4.69, 9.17) is 4.74 Å². The molecule has 3 saturated heterocycles. The number of methoxy groups -OCH3 is 1. The van der Waals surface area contributed by atoms with Gasteiger partial charge in [0.15, 0.2) is 0 Å². The lowest BCUT2D eigenvalue weighted by molar-refractivity contribution is -0.137. The number of likely N-dealkylation sites (tertiary alicyclic amines) is 2. The number of hydrogen-bond acceptors (Lipinski definition) is 5. The normalized spacial score (nSPS) is 26.1. The first-order chi connectivity index (χ1) is 15.3. The third-order valence-corrected chi connectivity index (χ3v) is 7.75. The quantitative estimate of drug-likeness (QED) is 0.712. The van der Waals surface area contributed by atoms with E-state index in [1.165, 1.54) is 19.2 Å². The fourth-order valence-electron chi connectivity index (χ4n) is 5.76. The molecule has 2 amide bonds. The zero-order valence-electron chi connectivity index (χ0n) is 19.4. The number of carbonyl (C=O) groups is 2. The maximum atomic E-state index is 13.2. The molecular weight excluding hydrogens is 411 g/mol. The monoisotopic (exact) mass is 446 g/mol. The van der Waals surface area contributed by atoms with E-state index in [9.17, 15) is 14.0 Å². The lowest BCUT2D eigenvalue weighted by atomic mass is 9.76. The summed E-state index contributed by atoms with van der Waals surface area (Å²) in [5.74, 6) is 0.0329. The van der Waals surface area contributed by atoms with E-state index in [1.807, 2.05) is 24.1 Å². The number of ether oxygens (including phenoxy) is 1. The van der Waals surface area contributed by atoms with Crippen molar-refractivity contribution < 1.29 is 18.7 Å². The molecule has 0 unspecified atom stereocenters. The average Bonchev–Trinajstić information content (AvgIpc) is 3.03. The van der Waals surface area contributed by atoms with Crippen molar-refractivity contribution in [1.82, 2.24) is 14.7 Å². The number of amides is 2. The van der Waals surface area contributed by atoms with Crippen LogP contribution in [0.5, 0.6) is 0 Å². The number of nitrogens with zero attached hydrogens (tertiary/aromatic N) is 4. The SMILES string of the molecule is COC(=O)N1CCC2(CC1)C[C@H](CCN1CCN(c3ccc(F)cc3)[C@@H](C)C1)N(C)C2=O. The predicted octanol–water partition coefficient (Wildman–Crippen LogP) is 2.81. The van der Waals surface area contributed by atoms with Gasteiger partial charge in [-0.1, -0.05) is 0 Å². The van der Waals surface area contributed by atoms with Crippen molar-refractivity contribution in [3.63, 3.8) is 0 Å². The summed E-state index contributed by atoms with van der Waals surface area (Å²) in [5, 5.41) is 0. The summed E-state index contributed by atoms with van der Waals surface area (Å²) >= 11 is 0. The third-order valence-electron chi connectivity index (χ3n) is 7.75. The van der Waals surface area contributed by atoms with Crippen molar-refractivity contribution in [3.05, 3.63) is 30.1 Å². The molecule has 0 radical (unpaired) electrons. The van der Waals surface area contributed by atoms with Crippen molar-refractivity contribution in [1.29, 1.82) is 0 Å². The van der Waals surface area contributed by atoms with Gasteiger partial charge in [-0.3, -0.25) is 9.69 Å². The molecule has 1 aromatic carbocycles. The fourth-order valence-corrected chi connectivity index (χ4v) is 5.76. The van der Waals surface area contributed by atoms with E-state index in [2.05, 4.69) is 16.7 Å². The molecule has 0 N–H and O–H groups in total. The van der Waals surface area contributed by atoms with Gasteiger partial charge in [0.05, 0.1) is 12.5 Å². The van der Waals surface area contributed by atoms with Crippen LogP contribution in [-0.4, -0.2) is 92.2 Å². The minimum absolute atomic E-state index is 0.205. The van der Waals surface area contributed by atoms with Crippen molar-refractivity contribution in [2.75, 3.05) is 58.3 Å². The van der Waals surface area contributed by atoms with Crippen molar-refractivity contribution in [2.24, 2.45) is 5.41 Å². The molecule has 1 aromatic rings. The molecule has 3 heterocycles. The van der Waals surface area contributed by atoms with Crippen LogP contribution in [0, 0.1) is 11.2 Å². The van der Waals surface area contributed by atoms with E-state index in [0.29, 0.717) is 19.1 Å². The second-order valence-electron chi connectivity index (χ2n) is 9.62. The molecule has 4 rings (SSSR count). The molecule has 0 bridgehead atoms. The zero-order chi connectivity index (χ0) is 22.9. The number of piperazine rings is 1. The summed E-state index contributed by atoms with van der Waals surface area (Å²) in [7, 11) is 3.33. The summed E-state index contributed by atoms with van der Waals surface area (Å²) in [5.41, 5.74) is 0.748. The van der Waals surface area contributed by atoms with Crippen LogP contribution in [0.1, 0.15) is 32.6 Å². The van der Waals surface area contributed by atoms with Crippen molar-refractivity contribution in [2.45, 2.75) is 44.7 Å². The van der Waals surface area contributed by atoms with Crippen LogP contribution in [0.25, 0.3) is 0 Å². The van der Waals surface area contributed by atoms with Gasteiger partial charge in [-0.15, -0.1) is 0 Å². The molecular formula is C24H35FN4O3. The van der Waals surface area contributed by atoms with E-state index < -0.39 is 0 Å². The first kappa shape index (κ1) is 22.8. The molecule has 3 fully saturated rings. The summed E-state index contributed by atoms with van der Waals surface area (Å²) in [6.07, 6.45) is 2.98. The number of piperidine rings is 1. The Balaban J connectivity index is 1.29. The molecule has 3 aliphatic rings. The highest BCUT2D eigenvalue weighted by atomic mass is 19.1. The minimum atomic E-state index is -0.321. The molecule has 32 heavy (non-hydrogen) atoms. The third kappa shape index (κ3) is 4.42. The Bertz CT molecular complexity index is 825. The van der Waals surface area contributed by atoms with Gasteiger partial charge in [0.25, 0.3) is 0 Å². The number of benzene rings is 1. The van der Waals surface area contributed by atoms with Crippen LogP contribution in [0.4, 0.5) is 14.9 Å². The van der Waals surface area contributed by atoms with Crippen LogP contribution in [0.2, 0.25) is 0 Å². The minimum Gasteiger partial charge on any atom is -0.453 e. The standard InChI is InChI=1S/C24H35FN4O3/c1-18-17-27(14-15-29(18)20-6-4-19(25)5-7-20)11-8-21-16-24(22(30)26(21)2)9-12-28(13-10-24)23(31)32-3/h4-7,18,21H,8-17H2,1-3H3/t18-,21-/m0/s1. The Morgan fingerprint density at radius 2 is 1.84 bits per heavy atom. The highest BCUT2D eigenvalue weighted by Crippen LogP contribution is 2.44. The van der Waals surface area contributed by atoms with E-state index in [-0.39, 0.29) is 29.3 Å². The van der Waals surface area contributed by atoms with Gasteiger partial charge in [-0.05, 0) is 56.9 Å². The van der Waals surface area contributed by atoms with E-state index in [0.717, 1.165) is 57.5 Å². The largest absolute Gasteiger partial charge is 0.453 e. The summed E-state index contributed by atoms with van der Waals surface area (Å²) in [6.45, 7) is 7.19. The fraction of sp³-hybridized carbons (Fsp3) is 0.667. The van der Waals surface area contributed by atoms with Crippen LogP contribution < -0.4 is 4.90 Å². The topological polar surface area (TPSA) is 56.3 Å². The summed E-state index contributed by atoms with van der Waals surface area (Å²) < 4.78 is 18.1. The van der Waals surface area contributed by atoms with Gasteiger partial charge in [0.2, 0.25) is 5.91 Å². The van der Waals surface area contributed by atoms with Crippen LogP contribution in [-0.2, 0) is 9.53 Å². The molecule has 2 atom stereocenters. The van der Waals surface area contributed by atoms with Crippen LogP contribution in [0.3, 0.4) is 0 Å². The predicted molar refractivity (Wildman–Crippen MR) is 121 cm³/mol. The second kappa shape index (κ2) is 9.25. The lowest BCUT2D eigenvalue weighted by Gasteiger charge is -2.41. The number of halogens is 1. The van der Waals surface area contributed by atoms with Crippen molar-refractivity contribution in [3.8, 4) is 0 Å². The molecule has 0 aromatic heterocycles. The van der Waals surface area contributed by atoms with Gasteiger partial charge in [0, 0.05) is 64.1 Å². The molecule has 3 aliphatic heterocycles. The maximum Gasteiger partial charge on any atom is 0.409 e. The Morgan fingerprint density at radius 3 is 2.47 bits per heavy atom. The maximum absolute atomic E-state index is 13.2. The van der Waals surface area contributed by atoms with Gasteiger partial charge in [-0.25, -0.2) is 9.18 Å². The van der Waals surface area contributed by atoms with Gasteiger partial charge in [-0.2, -0.15) is 0 Å². The van der Waals surface area contributed by atoms with Gasteiger partial charge in [0.1, 0.15) is 5.82 Å². The molecule has 7 nitrogen and oxygen atoms in total. The zero-order valence-corrected chi connectivity index (χ0v) is 19.4. The summed E-state index contributed by atoms with van der Waals surface area (Å²) in [6, 6.07) is 7.35. The first-order valence-corrected chi connectivity index (χ1v) is 11.7. The Kier molecular flexibility index (Phi) is 6.60. The van der Waals surface area contributed by atoms with Gasteiger partial charge >= 0.3 is 6.09 Å². The molecule has 0 saturated carbocycles. The molecule has 8 heteroatoms.